The third-order valence-corrected chi connectivity index (χ3v) is 3.82. The van der Waals surface area contributed by atoms with Crippen LogP contribution in [0.5, 0.6) is 0 Å². The Morgan fingerprint density at radius 2 is 1.48 bits per heavy atom. The fourth-order valence-electron chi connectivity index (χ4n) is 2.32. The Hall–Kier alpha value is -2.62. The number of benzene rings is 2. The molecular formula is C19H22N2O2. The summed E-state index contributed by atoms with van der Waals surface area (Å²) in [6.07, 6.45) is 0.751. The molecule has 0 bridgehead atoms. The second-order valence-electron chi connectivity index (χ2n) is 5.53. The van der Waals surface area contributed by atoms with Gasteiger partial charge in [0.25, 0.3) is 0 Å². The molecule has 0 heterocycles. The lowest BCUT2D eigenvalue weighted by Gasteiger charge is -2.13. The van der Waals surface area contributed by atoms with Crippen LogP contribution in [0.2, 0.25) is 0 Å². The lowest BCUT2D eigenvalue weighted by atomic mass is 10.1. The molecule has 2 amide bonds. The Balaban J connectivity index is 2.11. The fourth-order valence-corrected chi connectivity index (χ4v) is 2.32. The number of rotatable bonds is 5. The maximum Gasteiger partial charge on any atom is 0.228 e. The number of hydrogen-bond acceptors (Lipinski definition) is 2. The highest BCUT2D eigenvalue weighted by molar-refractivity contribution is 5.96. The van der Waals surface area contributed by atoms with Crippen molar-refractivity contribution in [2.75, 3.05) is 10.6 Å². The third kappa shape index (κ3) is 4.42. The van der Waals surface area contributed by atoms with Crippen molar-refractivity contribution in [3.8, 4) is 0 Å². The van der Waals surface area contributed by atoms with Gasteiger partial charge in [-0.2, -0.15) is 0 Å². The number of anilines is 2. The minimum atomic E-state index is -0.0682. The summed E-state index contributed by atoms with van der Waals surface area (Å²) in [5, 5.41) is 5.77. The van der Waals surface area contributed by atoms with Gasteiger partial charge in [0.05, 0.1) is 6.42 Å². The molecule has 4 nitrogen and oxygen atoms in total. The SMILES string of the molecule is CCC(=O)Nc1cccc(NC(=O)Cc2ccccc2C)c1C. The summed E-state index contributed by atoms with van der Waals surface area (Å²) in [5.74, 6) is -0.113. The fraction of sp³-hybridized carbons (Fsp3) is 0.263. The zero-order valence-corrected chi connectivity index (χ0v) is 13.8. The highest BCUT2D eigenvalue weighted by Crippen LogP contribution is 2.23. The summed E-state index contributed by atoms with van der Waals surface area (Å²) in [7, 11) is 0. The van der Waals surface area contributed by atoms with E-state index in [0.29, 0.717) is 12.8 Å². The van der Waals surface area contributed by atoms with Crippen LogP contribution in [0.15, 0.2) is 42.5 Å². The van der Waals surface area contributed by atoms with Crippen LogP contribution in [0, 0.1) is 13.8 Å². The van der Waals surface area contributed by atoms with Gasteiger partial charge in [0.2, 0.25) is 11.8 Å². The van der Waals surface area contributed by atoms with E-state index in [9.17, 15) is 9.59 Å². The summed E-state index contributed by atoms with van der Waals surface area (Å²) in [5.41, 5.74) is 4.41. The molecule has 2 N–H and O–H groups in total. The first-order valence-electron chi connectivity index (χ1n) is 7.75. The molecular weight excluding hydrogens is 288 g/mol. The average molecular weight is 310 g/mol. The van der Waals surface area contributed by atoms with Gasteiger partial charge in [0.15, 0.2) is 0 Å². The van der Waals surface area contributed by atoms with Crippen LogP contribution in [-0.4, -0.2) is 11.8 Å². The van der Waals surface area contributed by atoms with Gasteiger partial charge in [-0.1, -0.05) is 37.3 Å². The zero-order chi connectivity index (χ0) is 16.8. The largest absolute Gasteiger partial charge is 0.326 e. The molecule has 0 saturated heterocycles. The standard InChI is InChI=1S/C19H22N2O2/c1-4-18(22)20-16-10-7-11-17(14(16)3)21-19(23)12-15-9-6-5-8-13(15)2/h5-11H,4,12H2,1-3H3,(H,20,22)(H,21,23). The molecule has 0 atom stereocenters. The molecule has 120 valence electrons. The van der Waals surface area contributed by atoms with Crippen molar-refractivity contribution in [3.63, 3.8) is 0 Å². The van der Waals surface area contributed by atoms with Gasteiger partial charge in [0, 0.05) is 17.8 Å². The lowest BCUT2D eigenvalue weighted by molar-refractivity contribution is -0.116. The highest BCUT2D eigenvalue weighted by Gasteiger charge is 2.10. The average Bonchev–Trinajstić information content (AvgIpc) is 2.53. The summed E-state index contributed by atoms with van der Waals surface area (Å²) >= 11 is 0. The first-order chi connectivity index (χ1) is 11.0. The monoisotopic (exact) mass is 310 g/mol. The number of carbonyl (C=O) groups excluding carboxylic acids is 2. The van der Waals surface area contributed by atoms with Crippen LogP contribution in [0.3, 0.4) is 0 Å². The summed E-state index contributed by atoms with van der Waals surface area (Å²) in [6.45, 7) is 5.68. The van der Waals surface area contributed by atoms with Crippen molar-refractivity contribution in [1.29, 1.82) is 0 Å². The Labute approximate surface area is 136 Å². The molecule has 2 aromatic rings. The maximum atomic E-state index is 12.3. The maximum absolute atomic E-state index is 12.3. The normalized spacial score (nSPS) is 10.2. The molecule has 0 fully saturated rings. The Bertz CT molecular complexity index is 723. The van der Waals surface area contributed by atoms with E-state index in [1.165, 1.54) is 0 Å². The number of aryl methyl sites for hydroxylation is 1. The van der Waals surface area contributed by atoms with Gasteiger partial charge >= 0.3 is 0 Å². The molecule has 23 heavy (non-hydrogen) atoms. The predicted molar refractivity (Wildman–Crippen MR) is 93.6 cm³/mol. The number of carbonyl (C=O) groups is 2. The molecule has 0 unspecified atom stereocenters. The van der Waals surface area contributed by atoms with Crippen LogP contribution in [0.4, 0.5) is 11.4 Å². The van der Waals surface area contributed by atoms with E-state index in [1.807, 2.05) is 56.3 Å². The molecule has 0 spiro atoms. The summed E-state index contributed by atoms with van der Waals surface area (Å²) in [4.78, 5) is 23.8. The van der Waals surface area contributed by atoms with Crippen LogP contribution >= 0.6 is 0 Å². The Morgan fingerprint density at radius 3 is 2.09 bits per heavy atom. The van der Waals surface area contributed by atoms with Gasteiger partial charge in [-0.25, -0.2) is 0 Å². The molecule has 2 rings (SSSR count). The highest BCUT2D eigenvalue weighted by atomic mass is 16.2. The van der Waals surface area contributed by atoms with E-state index >= 15 is 0 Å². The van der Waals surface area contributed by atoms with Crippen molar-refractivity contribution in [2.45, 2.75) is 33.6 Å². The van der Waals surface area contributed by atoms with Crippen molar-refractivity contribution in [3.05, 3.63) is 59.2 Å². The van der Waals surface area contributed by atoms with Crippen molar-refractivity contribution >= 4 is 23.2 Å². The molecule has 0 aliphatic rings. The third-order valence-electron chi connectivity index (χ3n) is 3.82. The van der Waals surface area contributed by atoms with Crippen molar-refractivity contribution < 1.29 is 9.59 Å². The van der Waals surface area contributed by atoms with E-state index in [1.54, 1.807) is 6.92 Å². The topological polar surface area (TPSA) is 58.2 Å². The number of amides is 2. The lowest BCUT2D eigenvalue weighted by Crippen LogP contribution is -2.17. The van der Waals surface area contributed by atoms with Gasteiger partial charge in [-0.3, -0.25) is 9.59 Å². The van der Waals surface area contributed by atoms with Crippen LogP contribution in [0.1, 0.15) is 30.0 Å². The van der Waals surface area contributed by atoms with E-state index in [0.717, 1.165) is 28.1 Å². The first-order valence-corrected chi connectivity index (χ1v) is 7.75. The molecule has 4 heteroatoms. The van der Waals surface area contributed by atoms with E-state index in [4.69, 9.17) is 0 Å². The Morgan fingerprint density at radius 1 is 0.870 bits per heavy atom. The predicted octanol–water partition coefficient (Wildman–Crippen LogP) is 3.83. The second-order valence-corrected chi connectivity index (χ2v) is 5.53. The smallest absolute Gasteiger partial charge is 0.228 e. The molecule has 2 aromatic carbocycles. The van der Waals surface area contributed by atoms with E-state index in [2.05, 4.69) is 10.6 Å². The molecule has 0 aliphatic heterocycles. The minimum Gasteiger partial charge on any atom is -0.326 e. The quantitative estimate of drug-likeness (QED) is 0.881. The molecule has 0 saturated carbocycles. The van der Waals surface area contributed by atoms with Crippen molar-refractivity contribution in [1.82, 2.24) is 0 Å². The second kappa shape index (κ2) is 7.58. The van der Waals surface area contributed by atoms with E-state index < -0.39 is 0 Å². The molecule has 0 radical (unpaired) electrons. The van der Waals surface area contributed by atoms with Crippen molar-refractivity contribution in [2.24, 2.45) is 0 Å². The minimum absolute atomic E-state index is 0.0449. The molecule has 0 aliphatic carbocycles. The van der Waals surface area contributed by atoms with Gasteiger partial charge < -0.3 is 10.6 Å². The van der Waals surface area contributed by atoms with Crippen LogP contribution in [0.25, 0.3) is 0 Å². The molecule has 0 aromatic heterocycles. The summed E-state index contributed by atoms with van der Waals surface area (Å²) in [6, 6.07) is 13.3. The van der Waals surface area contributed by atoms with Gasteiger partial charge in [-0.05, 0) is 42.7 Å². The number of nitrogens with one attached hydrogen (secondary N) is 2. The summed E-state index contributed by atoms with van der Waals surface area (Å²) < 4.78 is 0. The van der Waals surface area contributed by atoms with Gasteiger partial charge in [-0.15, -0.1) is 0 Å². The van der Waals surface area contributed by atoms with E-state index in [-0.39, 0.29) is 11.8 Å². The first kappa shape index (κ1) is 16.7. The zero-order valence-electron chi connectivity index (χ0n) is 13.8. The van der Waals surface area contributed by atoms with Crippen LogP contribution in [-0.2, 0) is 16.0 Å². The van der Waals surface area contributed by atoms with Gasteiger partial charge in [0.1, 0.15) is 0 Å². The number of hydrogen-bond donors (Lipinski definition) is 2. The van der Waals surface area contributed by atoms with Crippen LogP contribution < -0.4 is 10.6 Å². The Kier molecular flexibility index (Phi) is 5.52.